The third-order valence-electron chi connectivity index (χ3n) is 3.47. The zero-order valence-electron chi connectivity index (χ0n) is 16.1. The molecule has 0 fully saturated rings. The Morgan fingerprint density at radius 3 is 2.00 bits per heavy atom. The number of allylic oxidation sites excluding steroid dienone is 1. The van der Waals surface area contributed by atoms with Crippen LogP contribution in [0.5, 0.6) is 0 Å². The summed E-state index contributed by atoms with van der Waals surface area (Å²) in [6.45, 7) is 0. The van der Waals surface area contributed by atoms with E-state index in [9.17, 15) is 4.79 Å². The van der Waals surface area contributed by atoms with E-state index in [2.05, 4.69) is 29.4 Å². The van der Waals surface area contributed by atoms with Gasteiger partial charge in [0, 0.05) is 17.2 Å². The van der Waals surface area contributed by atoms with Gasteiger partial charge in [0.15, 0.2) is 0 Å². The fourth-order valence-electron chi connectivity index (χ4n) is 2.46. The summed E-state index contributed by atoms with van der Waals surface area (Å²) in [5.41, 5.74) is 29.4. The molecule has 1 atom stereocenters. The third-order valence-corrected chi connectivity index (χ3v) is 3.47. The second-order valence-corrected chi connectivity index (χ2v) is 4.71. The molecule has 6 heteroatoms. The predicted octanol–water partition coefficient (Wildman–Crippen LogP) is 1.36. The molecule has 1 aliphatic rings. The molecular weight excluding hydrogens is 314 g/mol. The van der Waals surface area contributed by atoms with Gasteiger partial charge in [0.2, 0.25) is 5.91 Å². The van der Waals surface area contributed by atoms with Crippen molar-refractivity contribution in [3.05, 3.63) is 70.8 Å². The van der Waals surface area contributed by atoms with Crippen LogP contribution in [-0.2, 0) is 0 Å². The topological polar surface area (TPSA) is 147 Å². The predicted molar refractivity (Wildman–Crippen MR) is 108 cm³/mol. The molecule has 0 saturated heterocycles. The molecule has 0 bridgehead atoms. The molecule has 0 aliphatic heterocycles. The van der Waals surface area contributed by atoms with E-state index in [4.69, 9.17) is 11.5 Å². The summed E-state index contributed by atoms with van der Waals surface area (Å²) < 4.78 is 0. The number of anilines is 1. The largest absolute Gasteiger partial charge is 1.00 e. The number of hydrogen-bond donors (Lipinski definition) is 5. The minimum Gasteiger partial charge on any atom is -0.399 e. The SMILES string of the molecule is CN.CN.CN.NC(=O)c1ccc(C2C=Cc3ccc(N)cc32)cc1.[H+]. The summed E-state index contributed by atoms with van der Waals surface area (Å²) in [5, 5.41) is 0. The zero-order valence-corrected chi connectivity index (χ0v) is 15.1. The summed E-state index contributed by atoms with van der Waals surface area (Å²) in [7, 11) is 4.50. The number of hydrogen-bond acceptors (Lipinski definition) is 5. The van der Waals surface area contributed by atoms with Crippen molar-refractivity contribution in [1.29, 1.82) is 0 Å². The van der Waals surface area contributed by atoms with Gasteiger partial charge in [-0.1, -0.05) is 30.4 Å². The maximum atomic E-state index is 11.1. The minimum absolute atomic E-state index is 0. The van der Waals surface area contributed by atoms with Crippen LogP contribution in [0.4, 0.5) is 5.69 Å². The molecule has 0 radical (unpaired) electrons. The number of amides is 1. The van der Waals surface area contributed by atoms with Crippen LogP contribution in [0.25, 0.3) is 6.08 Å². The first-order valence-electron chi connectivity index (χ1n) is 7.86. The van der Waals surface area contributed by atoms with E-state index >= 15 is 0 Å². The van der Waals surface area contributed by atoms with Gasteiger partial charge in [-0.05, 0) is 62.1 Å². The lowest BCUT2D eigenvalue weighted by atomic mass is 9.92. The van der Waals surface area contributed by atoms with Crippen molar-refractivity contribution in [2.75, 3.05) is 26.9 Å². The first kappa shape index (κ1) is 22.3. The number of benzene rings is 2. The quantitative estimate of drug-likeness (QED) is 0.522. The van der Waals surface area contributed by atoms with E-state index in [-0.39, 0.29) is 7.34 Å². The second-order valence-electron chi connectivity index (χ2n) is 4.71. The lowest BCUT2D eigenvalue weighted by Crippen LogP contribution is -2.10. The van der Waals surface area contributed by atoms with E-state index in [1.807, 2.05) is 30.3 Å². The molecule has 25 heavy (non-hydrogen) atoms. The Bertz CT molecular complexity index is 687. The Labute approximate surface area is 151 Å². The van der Waals surface area contributed by atoms with Gasteiger partial charge in [-0.25, -0.2) is 0 Å². The van der Waals surface area contributed by atoms with E-state index < -0.39 is 5.91 Å². The van der Waals surface area contributed by atoms with Crippen LogP contribution in [0.3, 0.4) is 0 Å². The number of carbonyl (C=O) groups excluding carboxylic acids is 1. The van der Waals surface area contributed by atoms with Gasteiger partial charge in [0.05, 0.1) is 0 Å². The summed E-state index contributed by atoms with van der Waals surface area (Å²) in [6.07, 6.45) is 4.24. The number of nitrogens with two attached hydrogens (primary N) is 5. The molecule has 3 rings (SSSR count). The maximum Gasteiger partial charge on any atom is 1.00 e. The molecule has 0 spiro atoms. The van der Waals surface area contributed by atoms with Crippen LogP contribution in [0.15, 0.2) is 48.5 Å². The molecule has 1 aliphatic carbocycles. The van der Waals surface area contributed by atoms with Crippen LogP contribution in [-0.4, -0.2) is 27.1 Å². The van der Waals surface area contributed by atoms with Crippen molar-refractivity contribution in [1.82, 2.24) is 0 Å². The molecule has 0 saturated carbocycles. The Balaban J connectivity index is 0. The van der Waals surface area contributed by atoms with Crippen molar-refractivity contribution in [2.24, 2.45) is 22.9 Å². The summed E-state index contributed by atoms with van der Waals surface area (Å²) in [5.74, 6) is -0.210. The number of rotatable bonds is 2. The van der Waals surface area contributed by atoms with Crippen molar-refractivity contribution in [3.8, 4) is 0 Å². The van der Waals surface area contributed by atoms with Crippen molar-refractivity contribution in [3.63, 3.8) is 0 Å². The van der Waals surface area contributed by atoms with Crippen LogP contribution < -0.4 is 28.7 Å². The Morgan fingerprint density at radius 1 is 0.920 bits per heavy atom. The van der Waals surface area contributed by atoms with E-state index in [1.54, 1.807) is 12.1 Å². The van der Waals surface area contributed by atoms with E-state index in [0.717, 1.165) is 11.3 Å². The smallest absolute Gasteiger partial charge is 0.399 e. The molecule has 0 heterocycles. The number of primary amides is 1. The van der Waals surface area contributed by atoms with Crippen LogP contribution in [0.2, 0.25) is 0 Å². The first-order valence-corrected chi connectivity index (χ1v) is 7.86. The Hall–Kier alpha value is -2.67. The molecule has 2 aromatic carbocycles. The number of nitrogen functional groups attached to an aromatic ring is 1. The summed E-state index contributed by atoms with van der Waals surface area (Å²) in [6, 6.07) is 13.3. The van der Waals surface area contributed by atoms with Gasteiger partial charge in [-0.3, -0.25) is 4.79 Å². The number of carbonyl (C=O) groups is 1. The highest BCUT2D eigenvalue weighted by molar-refractivity contribution is 5.92. The molecule has 6 nitrogen and oxygen atoms in total. The van der Waals surface area contributed by atoms with E-state index in [0.29, 0.717) is 5.56 Å². The van der Waals surface area contributed by atoms with Gasteiger partial charge in [0.1, 0.15) is 0 Å². The maximum absolute atomic E-state index is 11.1. The number of fused-ring (bicyclic) bond motifs is 1. The second kappa shape index (κ2) is 11.8. The third kappa shape index (κ3) is 5.72. The summed E-state index contributed by atoms with van der Waals surface area (Å²) in [4.78, 5) is 11.1. The average Bonchev–Trinajstić information content (AvgIpc) is 3.09. The fourth-order valence-corrected chi connectivity index (χ4v) is 2.46. The van der Waals surface area contributed by atoms with Crippen molar-refractivity contribution in [2.45, 2.75) is 5.92 Å². The summed E-state index contributed by atoms with van der Waals surface area (Å²) >= 11 is 0. The highest BCUT2D eigenvalue weighted by atomic mass is 16.1. The van der Waals surface area contributed by atoms with Crippen LogP contribution >= 0.6 is 0 Å². The lowest BCUT2D eigenvalue weighted by Gasteiger charge is -2.12. The van der Waals surface area contributed by atoms with Crippen molar-refractivity contribution >= 4 is 17.7 Å². The van der Waals surface area contributed by atoms with E-state index in [1.165, 1.54) is 32.3 Å². The van der Waals surface area contributed by atoms with Crippen LogP contribution in [0.1, 0.15) is 34.4 Å². The minimum atomic E-state index is -0.404. The normalized spacial score (nSPS) is 13.1. The molecule has 2 aromatic rings. The fraction of sp³-hybridized carbons (Fsp3) is 0.211. The molecule has 1 amide bonds. The zero-order chi connectivity index (χ0) is 19.4. The van der Waals surface area contributed by atoms with Gasteiger partial charge < -0.3 is 28.7 Å². The molecule has 10 N–H and O–H groups in total. The lowest BCUT2D eigenvalue weighted by molar-refractivity contribution is 0.100. The standard InChI is InChI=1S/C16H14N2O.3CH5N/c17-13-7-5-11-6-8-14(15(11)9-13)10-1-3-12(4-2-10)16(18)19;3*1-2/h1-9,14H,17H2,(H2,18,19);3*2H2,1H3/p+1. The monoisotopic (exact) mass is 344 g/mol. The van der Waals surface area contributed by atoms with Gasteiger partial charge in [0.25, 0.3) is 0 Å². The van der Waals surface area contributed by atoms with Gasteiger partial charge in [-0.2, -0.15) is 0 Å². The average molecular weight is 344 g/mol. The first-order chi connectivity index (χ1) is 12.1. The molecule has 136 valence electrons. The van der Waals surface area contributed by atoms with Gasteiger partial charge in [-0.15, -0.1) is 0 Å². The molecular formula is C19H30N5O+. The molecule has 0 aromatic heterocycles. The van der Waals surface area contributed by atoms with Crippen molar-refractivity contribution < 1.29 is 6.22 Å². The highest BCUT2D eigenvalue weighted by Gasteiger charge is 2.19. The van der Waals surface area contributed by atoms with Gasteiger partial charge >= 0.3 is 1.43 Å². The Morgan fingerprint density at radius 2 is 1.48 bits per heavy atom. The van der Waals surface area contributed by atoms with Crippen LogP contribution in [0, 0.1) is 0 Å². The highest BCUT2D eigenvalue weighted by Crippen LogP contribution is 2.36. The molecule has 1 unspecified atom stereocenters. The Kier molecular flexibility index (Phi) is 10.5.